The number of methoxy groups -OCH3 is 1. The van der Waals surface area contributed by atoms with E-state index in [1.54, 1.807) is 37.2 Å². The molecule has 1 saturated heterocycles. The molecule has 8 nitrogen and oxygen atoms in total. The average molecular weight is 404 g/mol. The van der Waals surface area contributed by atoms with E-state index < -0.39 is 16.9 Å². The highest BCUT2D eigenvalue weighted by atomic mass is 32.2. The number of carboxylic acids is 1. The molecule has 2 atom stereocenters. The molecule has 0 bridgehead atoms. The number of nitro benzene ring substituents is 1. The maximum absolute atomic E-state index is 11.1. The van der Waals surface area contributed by atoms with Crippen molar-refractivity contribution in [2.24, 2.45) is 0 Å². The fourth-order valence-corrected chi connectivity index (χ4v) is 4.34. The van der Waals surface area contributed by atoms with Crippen molar-refractivity contribution in [3.8, 4) is 11.5 Å². The summed E-state index contributed by atoms with van der Waals surface area (Å²) in [4.78, 5) is 21.5. The van der Waals surface area contributed by atoms with Crippen LogP contribution in [0.2, 0.25) is 0 Å². The van der Waals surface area contributed by atoms with Gasteiger partial charge in [0.05, 0.1) is 17.8 Å². The van der Waals surface area contributed by atoms with Crippen LogP contribution in [0.1, 0.15) is 22.1 Å². The van der Waals surface area contributed by atoms with Gasteiger partial charge in [0, 0.05) is 23.3 Å². The topological polar surface area (TPSA) is 118 Å². The van der Waals surface area contributed by atoms with Crippen molar-refractivity contribution < 1.29 is 29.6 Å². The first kappa shape index (κ1) is 20.0. The summed E-state index contributed by atoms with van der Waals surface area (Å²) in [6.45, 7) is 1.97. The predicted molar refractivity (Wildman–Crippen MR) is 101 cm³/mol. The zero-order chi connectivity index (χ0) is 20.3. The van der Waals surface area contributed by atoms with Crippen molar-refractivity contribution in [3.63, 3.8) is 0 Å². The van der Waals surface area contributed by atoms with Crippen LogP contribution in [0.25, 0.3) is 0 Å². The van der Waals surface area contributed by atoms with Gasteiger partial charge in [-0.25, -0.2) is 0 Å². The van der Waals surface area contributed by atoms with E-state index >= 15 is 0 Å². The quantitative estimate of drug-likeness (QED) is 0.538. The van der Waals surface area contributed by atoms with Crippen LogP contribution in [0.5, 0.6) is 11.5 Å². The van der Waals surface area contributed by atoms with Crippen molar-refractivity contribution in [1.82, 2.24) is 0 Å². The molecule has 1 aliphatic rings. The van der Waals surface area contributed by atoms with Gasteiger partial charge in [-0.05, 0) is 36.8 Å². The minimum atomic E-state index is -1.05. The highest BCUT2D eigenvalue weighted by molar-refractivity contribution is 7.99. The number of carbonyl (C=O) groups excluding carboxylic acids is 1. The Kier molecular flexibility index (Phi) is 6.05. The number of quaternary nitrogens is 1. The number of hydrogen-bond acceptors (Lipinski definition) is 7. The third-order valence-corrected chi connectivity index (χ3v) is 5.89. The normalized spacial score (nSPS) is 18.6. The number of aryl methyl sites for hydroxylation is 1. The van der Waals surface area contributed by atoms with Crippen LogP contribution in [0.15, 0.2) is 36.4 Å². The van der Waals surface area contributed by atoms with Gasteiger partial charge in [0.2, 0.25) is 0 Å². The Bertz CT molecular complexity index is 904. The van der Waals surface area contributed by atoms with E-state index in [-0.39, 0.29) is 17.7 Å². The molecule has 0 aliphatic carbocycles. The Balaban J connectivity index is 1.76. The molecule has 1 aliphatic heterocycles. The highest BCUT2D eigenvalue weighted by Gasteiger charge is 2.31. The molecule has 28 heavy (non-hydrogen) atoms. The minimum Gasteiger partial charge on any atom is -0.544 e. The second-order valence-corrected chi connectivity index (χ2v) is 7.61. The number of nitro groups is 1. The van der Waals surface area contributed by atoms with Gasteiger partial charge in [-0.3, -0.25) is 10.1 Å². The third kappa shape index (κ3) is 4.37. The fraction of sp³-hybridized carbons (Fsp3) is 0.316. The molecule has 148 valence electrons. The van der Waals surface area contributed by atoms with Crippen LogP contribution in [0, 0.1) is 17.0 Å². The monoisotopic (exact) mass is 404 g/mol. The van der Waals surface area contributed by atoms with E-state index in [0.717, 1.165) is 11.1 Å². The number of rotatable bonds is 7. The summed E-state index contributed by atoms with van der Waals surface area (Å²) in [5.41, 5.74) is 2.46. The summed E-state index contributed by atoms with van der Waals surface area (Å²) in [6.07, 6.45) is 0. The number of nitrogens with two attached hydrogens (primary N) is 1. The number of benzene rings is 2. The van der Waals surface area contributed by atoms with E-state index in [1.807, 2.05) is 18.2 Å². The van der Waals surface area contributed by atoms with Gasteiger partial charge in [-0.15, -0.1) is 0 Å². The second kappa shape index (κ2) is 8.49. The lowest BCUT2D eigenvalue weighted by molar-refractivity contribution is -0.690. The summed E-state index contributed by atoms with van der Waals surface area (Å²) in [7, 11) is 1.57. The maximum atomic E-state index is 11.1. The molecule has 2 aromatic carbocycles. The Morgan fingerprint density at radius 2 is 2.04 bits per heavy atom. The number of hydrogen-bond donors (Lipinski definition) is 1. The van der Waals surface area contributed by atoms with Crippen molar-refractivity contribution in [1.29, 1.82) is 0 Å². The first-order valence-corrected chi connectivity index (χ1v) is 9.66. The van der Waals surface area contributed by atoms with Gasteiger partial charge in [-0.1, -0.05) is 11.8 Å². The number of ether oxygens (including phenoxy) is 2. The zero-order valence-corrected chi connectivity index (χ0v) is 16.2. The zero-order valence-electron chi connectivity index (χ0n) is 15.4. The highest BCUT2D eigenvalue weighted by Crippen LogP contribution is 2.31. The van der Waals surface area contributed by atoms with Crippen LogP contribution in [0.4, 0.5) is 5.69 Å². The lowest BCUT2D eigenvalue weighted by Crippen LogP contribution is -2.90. The fourth-order valence-electron chi connectivity index (χ4n) is 3.04. The van der Waals surface area contributed by atoms with Crippen LogP contribution in [-0.2, 0) is 11.4 Å². The summed E-state index contributed by atoms with van der Waals surface area (Å²) >= 11 is 1.55. The predicted octanol–water partition coefficient (Wildman–Crippen LogP) is 0.918. The molecule has 1 heterocycles. The number of thioether (sulfide) groups is 1. The number of nitrogens with zero attached hydrogens (tertiary/aromatic N) is 1. The number of carbonyl (C=O) groups is 1. The van der Waals surface area contributed by atoms with Crippen LogP contribution in [0.3, 0.4) is 0 Å². The van der Waals surface area contributed by atoms with E-state index in [1.165, 1.54) is 12.1 Å². The molecule has 0 unspecified atom stereocenters. The smallest absolute Gasteiger partial charge is 0.269 e. The second-order valence-electron chi connectivity index (χ2n) is 6.44. The van der Waals surface area contributed by atoms with Gasteiger partial charge >= 0.3 is 0 Å². The lowest BCUT2D eigenvalue weighted by Gasteiger charge is -2.15. The van der Waals surface area contributed by atoms with Gasteiger partial charge in [0.1, 0.15) is 30.1 Å². The van der Waals surface area contributed by atoms with Crippen LogP contribution < -0.4 is 19.9 Å². The van der Waals surface area contributed by atoms with Crippen molar-refractivity contribution in [2.75, 3.05) is 12.9 Å². The molecule has 9 heteroatoms. The lowest BCUT2D eigenvalue weighted by atomic mass is 10.1. The molecule has 3 rings (SSSR count). The maximum Gasteiger partial charge on any atom is 0.269 e. The van der Waals surface area contributed by atoms with Crippen molar-refractivity contribution in [2.45, 2.75) is 24.9 Å². The van der Waals surface area contributed by atoms with Gasteiger partial charge < -0.3 is 24.7 Å². The van der Waals surface area contributed by atoms with Crippen LogP contribution in [-0.4, -0.2) is 29.8 Å². The van der Waals surface area contributed by atoms with E-state index in [0.29, 0.717) is 22.8 Å². The SMILES string of the molecule is COc1ccc([C@@H]2[NH2+][C@H](C(=O)[O-])CS2)cc1COc1ccc([N+](=O)[O-])cc1C. The number of non-ortho nitro benzene ring substituents is 1. The number of aliphatic carboxylic acids is 1. The first-order valence-electron chi connectivity index (χ1n) is 8.61. The molecule has 0 radical (unpaired) electrons. The standard InChI is InChI=1S/C19H20N2O6S/c1-11-7-14(21(24)25)4-6-16(11)27-9-13-8-12(3-5-17(13)26-2)18-20-15(10-28-18)19(22)23/h3-8,15,18,20H,9-10H2,1-2H3,(H,22,23)/t15-,18+/m0/s1. The van der Waals surface area contributed by atoms with E-state index in [9.17, 15) is 20.0 Å². The molecule has 0 amide bonds. The van der Waals surface area contributed by atoms with E-state index in [4.69, 9.17) is 9.47 Å². The Morgan fingerprint density at radius 3 is 2.64 bits per heavy atom. The summed E-state index contributed by atoms with van der Waals surface area (Å²) in [5.74, 6) is 0.646. The largest absolute Gasteiger partial charge is 0.544 e. The van der Waals surface area contributed by atoms with Crippen molar-refractivity contribution >= 4 is 23.4 Å². The number of carboxylic acid groups (broad SMARTS) is 1. The Morgan fingerprint density at radius 1 is 1.29 bits per heavy atom. The Labute approximate surface area is 166 Å². The van der Waals surface area contributed by atoms with Gasteiger partial charge in [-0.2, -0.15) is 0 Å². The molecule has 0 saturated carbocycles. The Hall–Kier alpha value is -2.78. The molecule has 2 aromatic rings. The molecule has 0 spiro atoms. The van der Waals surface area contributed by atoms with Crippen molar-refractivity contribution in [3.05, 3.63) is 63.2 Å². The van der Waals surface area contributed by atoms with Gasteiger partial charge in [0.15, 0.2) is 5.37 Å². The molecule has 0 aromatic heterocycles. The van der Waals surface area contributed by atoms with Gasteiger partial charge in [0.25, 0.3) is 5.69 Å². The summed E-state index contributed by atoms with van der Waals surface area (Å²) < 4.78 is 11.3. The molecule has 2 N–H and O–H groups in total. The minimum absolute atomic E-state index is 0.0145. The summed E-state index contributed by atoms with van der Waals surface area (Å²) in [6, 6.07) is 9.57. The summed E-state index contributed by atoms with van der Waals surface area (Å²) in [5, 5.41) is 23.7. The van der Waals surface area contributed by atoms with Crippen LogP contribution >= 0.6 is 11.8 Å². The first-order chi connectivity index (χ1) is 13.4. The third-order valence-electron chi connectivity index (χ3n) is 4.55. The molecular formula is C19H20N2O6S. The van der Waals surface area contributed by atoms with E-state index in [2.05, 4.69) is 0 Å². The molecule has 1 fully saturated rings. The molecular weight excluding hydrogens is 384 g/mol. The average Bonchev–Trinajstić information content (AvgIpc) is 3.17.